The SMILES string of the molecule is CN(Cc1ccc(C(=O)NC2CC2)cc1)C(=O)CCc1ccccc1F. The summed E-state index contributed by atoms with van der Waals surface area (Å²) in [5, 5.41) is 2.95. The predicted octanol–water partition coefficient (Wildman–Crippen LogP) is 3.31. The zero-order chi connectivity index (χ0) is 18.5. The number of benzene rings is 2. The Morgan fingerprint density at radius 2 is 1.81 bits per heavy atom. The van der Waals surface area contributed by atoms with Crippen molar-refractivity contribution in [2.75, 3.05) is 7.05 Å². The molecule has 0 spiro atoms. The van der Waals surface area contributed by atoms with E-state index in [1.807, 2.05) is 12.1 Å². The Balaban J connectivity index is 1.50. The average molecular weight is 354 g/mol. The lowest BCUT2D eigenvalue weighted by atomic mass is 10.1. The smallest absolute Gasteiger partial charge is 0.251 e. The normalized spacial score (nSPS) is 13.3. The Morgan fingerprint density at radius 3 is 2.46 bits per heavy atom. The van der Waals surface area contributed by atoms with E-state index in [4.69, 9.17) is 0 Å². The first-order chi connectivity index (χ1) is 12.5. The van der Waals surface area contributed by atoms with E-state index in [0.717, 1.165) is 18.4 Å². The van der Waals surface area contributed by atoms with E-state index in [0.29, 0.717) is 30.1 Å². The first kappa shape index (κ1) is 18.1. The van der Waals surface area contributed by atoms with Crippen molar-refractivity contribution in [2.24, 2.45) is 0 Å². The molecule has 0 radical (unpaired) electrons. The van der Waals surface area contributed by atoms with Crippen molar-refractivity contribution in [3.05, 3.63) is 71.0 Å². The number of carbonyl (C=O) groups is 2. The van der Waals surface area contributed by atoms with Crippen LogP contribution in [0.3, 0.4) is 0 Å². The van der Waals surface area contributed by atoms with E-state index in [-0.39, 0.29) is 24.1 Å². The molecule has 0 heterocycles. The van der Waals surface area contributed by atoms with Crippen molar-refractivity contribution in [1.82, 2.24) is 10.2 Å². The van der Waals surface area contributed by atoms with Crippen LogP contribution in [0, 0.1) is 5.82 Å². The topological polar surface area (TPSA) is 49.4 Å². The van der Waals surface area contributed by atoms with Crippen molar-refractivity contribution in [3.8, 4) is 0 Å². The summed E-state index contributed by atoms with van der Waals surface area (Å²) >= 11 is 0. The minimum atomic E-state index is -0.275. The van der Waals surface area contributed by atoms with Crippen molar-refractivity contribution < 1.29 is 14.0 Å². The Bertz CT molecular complexity index is 785. The molecule has 0 aliphatic heterocycles. The summed E-state index contributed by atoms with van der Waals surface area (Å²) in [5.41, 5.74) is 2.14. The van der Waals surface area contributed by atoms with Crippen molar-refractivity contribution in [1.29, 1.82) is 0 Å². The number of hydrogen-bond acceptors (Lipinski definition) is 2. The molecule has 26 heavy (non-hydrogen) atoms. The zero-order valence-electron chi connectivity index (χ0n) is 14.9. The fraction of sp³-hybridized carbons (Fsp3) is 0.333. The third-order valence-corrected chi connectivity index (χ3v) is 4.54. The lowest BCUT2D eigenvalue weighted by molar-refractivity contribution is -0.130. The van der Waals surface area contributed by atoms with Crippen LogP contribution in [0.4, 0.5) is 4.39 Å². The number of halogens is 1. The van der Waals surface area contributed by atoms with Gasteiger partial charge in [-0.3, -0.25) is 9.59 Å². The van der Waals surface area contributed by atoms with Crippen LogP contribution in [-0.4, -0.2) is 29.8 Å². The van der Waals surface area contributed by atoms with E-state index in [2.05, 4.69) is 5.32 Å². The number of nitrogens with zero attached hydrogens (tertiary/aromatic N) is 1. The first-order valence-electron chi connectivity index (χ1n) is 8.90. The number of nitrogens with one attached hydrogen (secondary N) is 1. The molecular formula is C21H23FN2O2. The summed E-state index contributed by atoms with van der Waals surface area (Å²) < 4.78 is 13.6. The first-order valence-corrected chi connectivity index (χ1v) is 8.90. The van der Waals surface area contributed by atoms with Gasteiger partial charge in [0, 0.05) is 31.6 Å². The fourth-order valence-electron chi connectivity index (χ4n) is 2.75. The molecule has 1 N–H and O–H groups in total. The maximum Gasteiger partial charge on any atom is 0.251 e. The quantitative estimate of drug-likeness (QED) is 0.829. The molecule has 136 valence electrons. The summed E-state index contributed by atoms with van der Waals surface area (Å²) in [6.45, 7) is 0.459. The lowest BCUT2D eigenvalue weighted by Crippen LogP contribution is -2.27. The van der Waals surface area contributed by atoms with E-state index < -0.39 is 0 Å². The third kappa shape index (κ3) is 4.91. The zero-order valence-corrected chi connectivity index (χ0v) is 14.9. The second-order valence-corrected chi connectivity index (χ2v) is 6.79. The van der Waals surface area contributed by atoms with E-state index in [1.54, 1.807) is 42.3 Å². The number of hydrogen-bond donors (Lipinski definition) is 1. The Morgan fingerprint density at radius 1 is 1.12 bits per heavy atom. The summed E-state index contributed by atoms with van der Waals surface area (Å²) in [7, 11) is 1.73. The largest absolute Gasteiger partial charge is 0.349 e. The van der Waals surface area contributed by atoms with Gasteiger partial charge >= 0.3 is 0 Å². The van der Waals surface area contributed by atoms with Crippen LogP contribution in [0.25, 0.3) is 0 Å². The fourth-order valence-corrected chi connectivity index (χ4v) is 2.75. The molecule has 1 aliphatic carbocycles. The molecular weight excluding hydrogens is 331 g/mol. The van der Waals surface area contributed by atoms with Crippen LogP contribution in [0.5, 0.6) is 0 Å². The molecule has 5 heteroatoms. The number of amides is 2. The van der Waals surface area contributed by atoms with Crippen molar-refractivity contribution >= 4 is 11.8 Å². The number of carbonyl (C=O) groups excluding carboxylic acids is 2. The van der Waals surface area contributed by atoms with Gasteiger partial charge in [0.1, 0.15) is 5.82 Å². The van der Waals surface area contributed by atoms with Crippen molar-refractivity contribution in [3.63, 3.8) is 0 Å². The van der Waals surface area contributed by atoms with Crippen LogP contribution in [0.15, 0.2) is 48.5 Å². The molecule has 0 bridgehead atoms. The summed E-state index contributed by atoms with van der Waals surface area (Å²) in [4.78, 5) is 25.9. The molecule has 1 aliphatic rings. The second-order valence-electron chi connectivity index (χ2n) is 6.79. The molecule has 3 rings (SSSR count). The molecule has 2 aromatic rings. The number of rotatable bonds is 7. The van der Waals surface area contributed by atoms with Gasteiger partial charge in [-0.25, -0.2) is 4.39 Å². The van der Waals surface area contributed by atoms with E-state index in [1.165, 1.54) is 6.07 Å². The van der Waals surface area contributed by atoms with Gasteiger partial charge in [-0.15, -0.1) is 0 Å². The van der Waals surface area contributed by atoms with Gasteiger partial charge in [-0.1, -0.05) is 30.3 Å². The molecule has 0 aromatic heterocycles. The maximum atomic E-state index is 13.6. The molecule has 0 saturated heterocycles. The van der Waals surface area contributed by atoms with Gasteiger partial charge in [-0.05, 0) is 48.6 Å². The molecule has 0 atom stereocenters. The van der Waals surface area contributed by atoms with Crippen molar-refractivity contribution in [2.45, 2.75) is 38.3 Å². The van der Waals surface area contributed by atoms with Crippen LogP contribution in [0.2, 0.25) is 0 Å². The van der Waals surface area contributed by atoms with Gasteiger partial charge in [0.2, 0.25) is 5.91 Å². The monoisotopic (exact) mass is 354 g/mol. The van der Waals surface area contributed by atoms with E-state index in [9.17, 15) is 14.0 Å². The average Bonchev–Trinajstić information content (AvgIpc) is 3.45. The molecule has 0 unspecified atom stereocenters. The minimum absolute atomic E-state index is 0.0381. The Labute approximate surface area is 153 Å². The predicted molar refractivity (Wildman–Crippen MR) is 98.1 cm³/mol. The minimum Gasteiger partial charge on any atom is -0.349 e. The standard InChI is InChI=1S/C21H23FN2O2/c1-24(20(25)13-10-16-4-2-3-5-19(16)22)14-15-6-8-17(9-7-15)21(26)23-18-11-12-18/h2-9,18H,10-14H2,1H3,(H,23,26). The van der Waals surface area contributed by atoms with Crippen LogP contribution in [0.1, 0.15) is 40.7 Å². The molecule has 2 amide bonds. The van der Waals surface area contributed by atoms with Gasteiger partial charge in [0.15, 0.2) is 0 Å². The van der Waals surface area contributed by atoms with E-state index >= 15 is 0 Å². The molecule has 1 saturated carbocycles. The molecule has 1 fully saturated rings. The highest BCUT2D eigenvalue weighted by Gasteiger charge is 2.23. The van der Waals surface area contributed by atoms with Gasteiger partial charge < -0.3 is 10.2 Å². The second kappa shape index (κ2) is 8.13. The summed E-state index contributed by atoms with van der Waals surface area (Å²) in [6, 6.07) is 14.1. The Kier molecular flexibility index (Phi) is 5.66. The van der Waals surface area contributed by atoms with Gasteiger partial charge in [0.25, 0.3) is 5.91 Å². The summed E-state index contributed by atoms with van der Waals surface area (Å²) in [5.74, 6) is -0.361. The van der Waals surface area contributed by atoms with Crippen LogP contribution >= 0.6 is 0 Å². The molecule has 2 aromatic carbocycles. The highest BCUT2D eigenvalue weighted by molar-refractivity contribution is 5.94. The van der Waals surface area contributed by atoms with Crippen LogP contribution < -0.4 is 5.32 Å². The summed E-state index contributed by atoms with van der Waals surface area (Å²) in [6.07, 6.45) is 2.77. The van der Waals surface area contributed by atoms with Gasteiger partial charge in [0.05, 0.1) is 0 Å². The third-order valence-electron chi connectivity index (χ3n) is 4.54. The maximum absolute atomic E-state index is 13.6. The lowest BCUT2D eigenvalue weighted by Gasteiger charge is -2.17. The molecule has 4 nitrogen and oxygen atoms in total. The highest BCUT2D eigenvalue weighted by atomic mass is 19.1. The highest BCUT2D eigenvalue weighted by Crippen LogP contribution is 2.19. The number of aryl methyl sites for hydroxylation is 1. The Hall–Kier alpha value is -2.69. The van der Waals surface area contributed by atoms with Crippen LogP contribution in [-0.2, 0) is 17.8 Å². The van der Waals surface area contributed by atoms with Gasteiger partial charge in [-0.2, -0.15) is 0 Å².